The van der Waals surface area contributed by atoms with Crippen LogP contribution in [0.15, 0.2) is 24.3 Å². The molecule has 0 atom stereocenters. The summed E-state index contributed by atoms with van der Waals surface area (Å²) in [7, 11) is 0. The van der Waals surface area contributed by atoms with Crippen molar-refractivity contribution in [3.8, 4) is 5.75 Å². The van der Waals surface area contributed by atoms with Gasteiger partial charge in [-0.15, -0.1) is 11.8 Å². The Labute approximate surface area is 113 Å². The summed E-state index contributed by atoms with van der Waals surface area (Å²) in [5.41, 5.74) is 1.14. The number of hydrogen-bond donors (Lipinski definition) is 1. The number of thioether (sulfide) groups is 1. The average Bonchev–Trinajstić information content (AvgIpc) is 2.38. The number of ether oxygens (including phenoxy) is 1. The highest BCUT2D eigenvalue weighted by molar-refractivity contribution is 7.99. The van der Waals surface area contributed by atoms with E-state index in [0.29, 0.717) is 12.4 Å². The van der Waals surface area contributed by atoms with E-state index in [0.717, 1.165) is 30.0 Å². The van der Waals surface area contributed by atoms with Gasteiger partial charge in [-0.1, -0.05) is 25.1 Å². The van der Waals surface area contributed by atoms with E-state index < -0.39 is 0 Å². The minimum absolute atomic E-state index is 0.109. The van der Waals surface area contributed by atoms with E-state index in [9.17, 15) is 4.79 Å². The highest BCUT2D eigenvalue weighted by atomic mass is 32.2. The predicted molar refractivity (Wildman–Crippen MR) is 77.3 cm³/mol. The number of benzene rings is 1. The highest BCUT2D eigenvalue weighted by Gasteiger charge is 2.01. The van der Waals surface area contributed by atoms with Crippen LogP contribution in [-0.4, -0.2) is 30.6 Å². The van der Waals surface area contributed by atoms with Crippen molar-refractivity contribution < 1.29 is 9.53 Å². The molecule has 0 aliphatic heterocycles. The second kappa shape index (κ2) is 8.86. The van der Waals surface area contributed by atoms with Crippen LogP contribution in [0.2, 0.25) is 0 Å². The predicted octanol–water partition coefficient (Wildman–Crippen LogP) is 2.63. The van der Waals surface area contributed by atoms with E-state index >= 15 is 0 Å². The molecule has 0 spiro atoms. The molecular weight excluding hydrogens is 246 g/mol. The fourth-order valence-electron chi connectivity index (χ4n) is 1.41. The minimum atomic E-state index is 0.109. The van der Waals surface area contributed by atoms with Gasteiger partial charge >= 0.3 is 0 Å². The first-order valence-electron chi connectivity index (χ1n) is 6.27. The van der Waals surface area contributed by atoms with Gasteiger partial charge in [-0.25, -0.2) is 0 Å². The number of carbonyl (C=O) groups is 1. The number of carbonyl (C=O) groups excluding carboxylic acids is 1. The quantitative estimate of drug-likeness (QED) is 0.736. The topological polar surface area (TPSA) is 38.3 Å². The zero-order valence-electron chi connectivity index (χ0n) is 11.1. The number of nitrogens with one attached hydrogen (secondary N) is 1. The van der Waals surface area contributed by atoms with Crippen molar-refractivity contribution in [2.24, 2.45) is 0 Å². The van der Waals surface area contributed by atoms with Crippen LogP contribution >= 0.6 is 11.8 Å². The van der Waals surface area contributed by atoms with Crippen molar-refractivity contribution >= 4 is 17.7 Å². The summed E-state index contributed by atoms with van der Waals surface area (Å²) in [6.45, 7) is 5.47. The van der Waals surface area contributed by atoms with E-state index in [2.05, 4.69) is 5.32 Å². The molecule has 0 aliphatic carbocycles. The summed E-state index contributed by atoms with van der Waals surface area (Å²) in [6.07, 6.45) is 0.979. The molecule has 18 heavy (non-hydrogen) atoms. The molecule has 0 bridgehead atoms. The van der Waals surface area contributed by atoms with E-state index in [4.69, 9.17) is 4.74 Å². The molecule has 1 aromatic rings. The molecule has 100 valence electrons. The third-order valence-corrected chi connectivity index (χ3v) is 3.31. The van der Waals surface area contributed by atoms with Crippen LogP contribution in [0.3, 0.4) is 0 Å². The largest absolute Gasteiger partial charge is 0.492 e. The maximum atomic E-state index is 11.3. The standard InChI is InChI=1S/C14H21NO2S/c1-3-8-15-14(16)11-18-10-9-17-13-7-5-4-6-12(13)2/h4-7H,3,8-11H2,1-2H3,(H,15,16). The Morgan fingerprint density at radius 2 is 2.17 bits per heavy atom. The maximum absolute atomic E-state index is 11.3. The maximum Gasteiger partial charge on any atom is 0.229 e. The van der Waals surface area contributed by atoms with Crippen molar-refractivity contribution in [2.75, 3.05) is 24.7 Å². The molecule has 3 nitrogen and oxygen atoms in total. The molecule has 4 heteroatoms. The summed E-state index contributed by atoms with van der Waals surface area (Å²) in [5, 5.41) is 2.85. The average molecular weight is 267 g/mol. The molecule has 1 rings (SSSR count). The Kier molecular flexibility index (Phi) is 7.34. The number of aryl methyl sites for hydroxylation is 1. The van der Waals surface area contributed by atoms with Gasteiger partial charge in [0.05, 0.1) is 12.4 Å². The summed E-state index contributed by atoms with van der Waals surface area (Å²) in [6, 6.07) is 7.96. The molecule has 0 aromatic heterocycles. The van der Waals surface area contributed by atoms with Crippen molar-refractivity contribution in [3.63, 3.8) is 0 Å². The van der Waals surface area contributed by atoms with Gasteiger partial charge < -0.3 is 10.1 Å². The molecular formula is C14H21NO2S. The smallest absolute Gasteiger partial charge is 0.229 e. The fourth-order valence-corrected chi connectivity index (χ4v) is 2.04. The number of rotatable bonds is 8. The molecule has 0 saturated heterocycles. The molecule has 0 unspecified atom stereocenters. The number of hydrogen-bond acceptors (Lipinski definition) is 3. The Hall–Kier alpha value is -1.16. The van der Waals surface area contributed by atoms with Gasteiger partial charge in [0.25, 0.3) is 0 Å². The minimum Gasteiger partial charge on any atom is -0.492 e. The summed E-state index contributed by atoms with van der Waals surface area (Å²) in [4.78, 5) is 11.3. The van der Waals surface area contributed by atoms with Crippen LogP contribution in [-0.2, 0) is 4.79 Å². The third kappa shape index (κ3) is 5.96. The molecule has 0 fully saturated rings. The van der Waals surface area contributed by atoms with Crippen LogP contribution in [0.1, 0.15) is 18.9 Å². The summed E-state index contributed by atoms with van der Waals surface area (Å²) >= 11 is 1.60. The Balaban J connectivity index is 2.09. The van der Waals surface area contributed by atoms with Crippen molar-refractivity contribution in [2.45, 2.75) is 20.3 Å². The number of amides is 1. The molecule has 1 amide bonds. The normalized spacial score (nSPS) is 10.1. The zero-order valence-corrected chi connectivity index (χ0v) is 11.9. The van der Waals surface area contributed by atoms with E-state index in [1.165, 1.54) is 0 Å². The summed E-state index contributed by atoms with van der Waals surface area (Å²) < 4.78 is 5.65. The lowest BCUT2D eigenvalue weighted by Gasteiger charge is -2.08. The highest BCUT2D eigenvalue weighted by Crippen LogP contribution is 2.16. The van der Waals surface area contributed by atoms with Gasteiger partial charge in [0, 0.05) is 12.3 Å². The Morgan fingerprint density at radius 3 is 2.89 bits per heavy atom. The Morgan fingerprint density at radius 1 is 1.39 bits per heavy atom. The molecule has 0 saturated carbocycles. The lowest BCUT2D eigenvalue weighted by Crippen LogP contribution is -2.26. The van der Waals surface area contributed by atoms with Gasteiger partial charge in [-0.2, -0.15) is 0 Å². The van der Waals surface area contributed by atoms with E-state index in [-0.39, 0.29) is 5.91 Å². The first kappa shape index (κ1) is 14.9. The zero-order chi connectivity index (χ0) is 13.2. The summed E-state index contributed by atoms with van der Waals surface area (Å²) in [5.74, 6) is 2.37. The molecule has 0 radical (unpaired) electrons. The van der Waals surface area contributed by atoms with Crippen LogP contribution in [0, 0.1) is 6.92 Å². The van der Waals surface area contributed by atoms with Gasteiger partial charge in [-0.05, 0) is 25.0 Å². The van der Waals surface area contributed by atoms with Gasteiger partial charge in [0.15, 0.2) is 0 Å². The molecule has 0 heterocycles. The monoisotopic (exact) mass is 267 g/mol. The first-order chi connectivity index (χ1) is 8.74. The van der Waals surface area contributed by atoms with Gasteiger partial charge in [0.2, 0.25) is 5.91 Å². The molecule has 1 N–H and O–H groups in total. The first-order valence-corrected chi connectivity index (χ1v) is 7.42. The van der Waals surface area contributed by atoms with Crippen LogP contribution in [0.25, 0.3) is 0 Å². The van der Waals surface area contributed by atoms with Crippen LogP contribution in [0.4, 0.5) is 0 Å². The SMILES string of the molecule is CCCNC(=O)CSCCOc1ccccc1C. The molecule has 0 aliphatic rings. The number of para-hydroxylation sites is 1. The fraction of sp³-hybridized carbons (Fsp3) is 0.500. The second-order valence-electron chi connectivity index (χ2n) is 4.02. The van der Waals surface area contributed by atoms with Crippen molar-refractivity contribution in [1.29, 1.82) is 0 Å². The lowest BCUT2D eigenvalue weighted by molar-refractivity contribution is -0.118. The van der Waals surface area contributed by atoms with Crippen molar-refractivity contribution in [1.82, 2.24) is 5.32 Å². The van der Waals surface area contributed by atoms with Crippen LogP contribution < -0.4 is 10.1 Å². The Bertz CT molecular complexity index is 369. The second-order valence-corrected chi connectivity index (χ2v) is 5.12. The van der Waals surface area contributed by atoms with Crippen LogP contribution in [0.5, 0.6) is 5.75 Å². The molecule has 1 aromatic carbocycles. The van der Waals surface area contributed by atoms with E-state index in [1.807, 2.05) is 38.1 Å². The van der Waals surface area contributed by atoms with Gasteiger partial charge in [0.1, 0.15) is 5.75 Å². The van der Waals surface area contributed by atoms with Crippen molar-refractivity contribution in [3.05, 3.63) is 29.8 Å². The lowest BCUT2D eigenvalue weighted by atomic mass is 10.2. The van der Waals surface area contributed by atoms with E-state index in [1.54, 1.807) is 11.8 Å². The van der Waals surface area contributed by atoms with Gasteiger partial charge in [-0.3, -0.25) is 4.79 Å². The third-order valence-electron chi connectivity index (χ3n) is 2.38.